The van der Waals surface area contributed by atoms with Crippen LogP contribution in [-0.4, -0.2) is 9.67 Å². The first-order valence-electron chi connectivity index (χ1n) is 5.55. The van der Waals surface area contributed by atoms with E-state index in [0.717, 1.165) is 4.47 Å². The average Bonchev–Trinajstić information content (AvgIpc) is 2.37. The number of hydrogen-bond donors (Lipinski definition) is 1. The van der Waals surface area contributed by atoms with Crippen LogP contribution in [0.3, 0.4) is 0 Å². The number of halogens is 1. The molecule has 0 saturated carbocycles. The fourth-order valence-corrected chi connectivity index (χ4v) is 2.29. The Balaban J connectivity index is 2.82. The number of benzene rings is 1. The normalized spacial score (nSPS) is 10.2. The highest BCUT2D eigenvalue weighted by Gasteiger charge is 2.13. The van der Waals surface area contributed by atoms with E-state index in [2.05, 4.69) is 15.9 Å². The lowest BCUT2D eigenvalue weighted by Crippen LogP contribution is -2.22. The van der Waals surface area contributed by atoms with Crippen molar-refractivity contribution < 1.29 is 5.11 Å². The molecule has 0 aliphatic rings. The average molecular weight is 319 g/mol. The quantitative estimate of drug-likeness (QED) is 0.879. The highest BCUT2D eigenvalue weighted by atomic mass is 79.9. The van der Waals surface area contributed by atoms with Crippen LogP contribution < -0.4 is 5.56 Å². The Hall–Kier alpha value is -2.06. The van der Waals surface area contributed by atoms with Crippen LogP contribution in [0.4, 0.5) is 0 Å². The molecule has 0 bridgehead atoms. The van der Waals surface area contributed by atoms with E-state index in [0.29, 0.717) is 16.8 Å². The first-order valence-corrected chi connectivity index (χ1v) is 6.34. The zero-order valence-electron chi connectivity index (χ0n) is 10.4. The van der Waals surface area contributed by atoms with E-state index in [1.807, 2.05) is 6.07 Å². The van der Waals surface area contributed by atoms with Crippen LogP contribution in [0.15, 0.2) is 33.5 Å². The van der Waals surface area contributed by atoms with Crippen molar-refractivity contribution >= 4 is 15.9 Å². The second kappa shape index (κ2) is 4.90. The van der Waals surface area contributed by atoms with Gasteiger partial charge in [0.25, 0.3) is 5.56 Å². The molecule has 1 aromatic carbocycles. The van der Waals surface area contributed by atoms with Gasteiger partial charge in [-0.25, -0.2) is 0 Å². The monoisotopic (exact) mass is 318 g/mol. The maximum Gasteiger partial charge on any atom is 0.268 e. The van der Waals surface area contributed by atoms with Gasteiger partial charge in [-0.1, -0.05) is 15.9 Å². The SMILES string of the molecule is Cc1cc(-c2cc(Br)ccc2O)n(C)c(=O)c1C#N. The Morgan fingerprint density at radius 1 is 1.37 bits per heavy atom. The van der Waals surface area contributed by atoms with E-state index in [9.17, 15) is 9.90 Å². The molecule has 0 saturated heterocycles. The molecular weight excluding hydrogens is 308 g/mol. The molecule has 0 radical (unpaired) electrons. The van der Waals surface area contributed by atoms with Crippen molar-refractivity contribution in [1.29, 1.82) is 5.26 Å². The maximum absolute atomic E-state index is 12.1. The molecule has 4 nitrogen and oxygen atoms in total. The van der Waals surface area contributed by atoms with Gasteiger partial charge in [0.15, 0.2) is 0 Å². The van der Waals surface area contributed by atoms with Crippen molar-refractivity contribution in [3.63, 3.8) is 0 Å². The third-order valence-corrected chi connectivity index (χ3v) is 3.47. The minimum atomic E-state index is -0.364. The van der Waals surface area contributed by atoms with Gasteiger partial charge < -0.3 is 9.67 Å². The molecule has 2 aromatic rings. The number of rotatable bonds is 1. The summed E-state index contributed by atoms with van der Waals surface area (Å²) < 4.78 is 2.17. The van der Waals surface area contributed by atoms with Gasteiger partial charge in [0, 0.05) is 17.1 Å². The number of phenols is 1. The number of pyridine rings is 1. The van der Waals surface area contributed by atoms with E-state index >= 15 is 0 Å². The molecule has 2 rings (SSSR count). The Morgan fingerprint density at radius 2 is 2.05 bits per heavy atom. The van der Waals surface area contributed by atoms with E-state index in [4.69, 9.17) is 5.26 Å². The summed E-state index contributed by atoms with van der Waals surface area (Å²) in [7, 11) is 1.58. The first-order chi connectivity index (χ1) is 8.95. The topological polar surface area (TPSA) is 66.0 Å². The van der Waals surface area contributed by atoms with Crippen LogP contribution in [0, 0.1) is 18.3 Å². The molecule has 0 fully saturated rings. The number of nitriles is 1. The smallest absolute Gasteiger partial charge is 0.268 e. The minimum absolute atomic E-state index is 0.0855. The minimum Gasteiger partial charge on any atom is -0.507 e. The summed E-state index contributed by atoms with van der Waals surface area (Å²) in [5, 5.41) is 18.9. The van der Waals surface area contributed by atoms with Crippen LogP contribution in [0.1, 0.15) is 11.1 Å². The molecular formula is C14H11BrN2O2. The number of aryl methyl sites for hydroxylation is 1. The Kier molecular flexibility index (Phi) is 3.45. The van der Waals surface area contributed by atoms with E-state index in [1.54, 1.807) is 38.2 Å². The van der Waals surface area contributed by atoms with Crippen molar-refractivity contribution in [2.75, 3.05) is 0 Å². The van der Waals surface area contributed by atoms with Gasteiger partial charge >= 0.3 is 0 Å². The second-order valence-electron chi connectivity index (χ2n) is 4.23. The maximum atomic E-state index is 12.1. The summed E-state index contributed by atoms with van der Waals surface area (Å²) >= 11 is 3.33. The van der Waals surface area contributed by atoms with Gasteiger partial charge in [0.2, 0.25) is 0 Å². The highest BCUT2D eigenvalue weighted by Crippen LogP contribution is 2.31. The van der Waals surface area contributed by atoms with Gasteiger partial charge in [-0.05, 0) is 36.8 Å². The van der Waals surface area contributed by atoms with Crippen molar-refractivity contribution in [3.05, 3.63) is 50.2 Å². The van der Waals surface area contributed by atoms with Crippen molar-refractivity contribution in [3.8, 4) is 23.1 Å². The summed E-state index contributed by atoms with van der Waals surface area (Å²) in [6.45, 7) is 1.71. The summed E-state index contributed by atoms with van der Waals surface area (Å²) in [6.07, 6.45) is 0. The zero-order chi connectivity index (χ0) is 14.2. The number of hydrogen-bond acceptors (Lipinski definition) is 3. The molecule has 0 spiro atoms. The van der Waals surface area contributed by atoms with Gasteiger partial charge in [-0.15, -0.1) is 0 Å². The molecule has 0 aliphatic heterocycles. The molecule has 1 aromatic heterocycles. The number of aromatic nitrogens is 1. The van der Waals surface area contributed by atoms with Crippen LogP contribution in [0.5, 0.6) is 5.75 Å². The molecule has 1 N–H and O–H groups in total. The summed E-state index contributed by atoms with van der Waals surface area (Å²) in [6, 6.07) is 8.63. The van der Waals surface area contributed by atoms with E-state index in [-0.39, 0.29) is 16.9 Å². The standard InChI is InChI=1S/C14H11BrN2O2/c1-8-5-12(17(2)14(19)11(8)7-16)10-6-9(15)3-4-13(10)18/h3-6,18H,1-2H3. The van der Waals surface area contributed by atoms with Gasteiger partial charge in [-0.3, -0.25) is 4.79 Å². The fraction of sp³-hybridized carbons (Fsp3) is 0.143. The molecule has 19 heavy (non-hydrogen) atoms. The molecule has 0 amide bonds. The van der Waals surface area contributed by atoms with Crippen molar-refractivity contribution in [2.24, 2.45) is 7.05 Å². The molecule has 1 heterocycles. The number of aromatic hydroxyl groups is 1. The summed E-state index contributed by atoms with van der Waals surface area (Å²) in [5.74, 6) is 0.0855. The molecule has 0 atom stereocenters. The largest absolute Gasteiger partial charge is 0.507 e. The van der Waals surface area contributed by atoms with E-state index < -0.39 is 0 Å². The predicted octanol–water partition coefficient (Wildman–Crippen LogP) is 2.70. The van der Waals surface area contributed by atoms with Crippen LogP contribution in [-0.2, 0) is 7.05 Å². The van der Waals surface area contributed by atoms with Gasteiger partial charge in [-0.2, -0.15) is 5.26 Å². The lowest BCUT2D eigenvalue weighted by molar-refractivity contribution is 0.476. The summed E-state index contributed by atoms with van der Waals surface area (Å²) in [5.41, 5.74) is 1.47. The number of nitrogens with zero attached hydrogens (tertiary/aromatic N) is 2. The van der Waals surface area contributed by atoms with E-state index in [1.165, 1.54) is 4.57 Å². The summed E-state index contributed by atoms with van der Waals surface area (Å²) in [4.78, 5) is 12.1. The molecule has 0 aliphatic carbocycles. The Bertz CT molecular complexity index is 757. The molecule has 5 heteroatoms. The van der Waals surface area contributed by atoms with Crippen LogP contribution >= 0.6 is 15.9 Å². The molecule has 0 unspecified atom stereocenters. The number of phenolic OH excluding ortho intramolecular Hbond substituents is 1. The lowest BCUT2D eigenvalue weighted by atomic mass is 10.1. The fourth-order valence-electron chi connectivity index (χ4n) is 1.93. The van der Waals surface area contributed by atoms with Crippen LogP contribution in [0.25, 0.3) is 11.3 Å². The highest BCUT2D eigenvalue weighted by molar-refractivity contribution is 9.10. The first kappa shape index (κ1) is 13.4. The van der Waals surface area contributed by atoms with Gasteiger partial charge in [0.1, 0.15) is 17.4 Å². The second-order valence-corrected chi connectivity index (χ2v) is 5.14. The molecule has 96 valence electrons. The third-order valence-electron chi connectivity index (χ3n) is 2.97. The van der Waals surface area contributed by atoms with Crippen molar-refractivity contribution in [1.82, 2.24) is 4.57 Å². The van der Waals surface area contributed by atoms with Crippen LogP contribution in [0.2, 0.25) is 0 Å². The zero-order valence-corrected chi connectivity index (χ0v) is 12.0. The lowest BCUT2D eigenvalue weighted by Gasteiger charge is -2.12. The Morgan fingerprint density at radius 3 is 2.68 bits per heavy atom. The third kappa shape index (κ3) is 2.27. The van der Waals surface area contributed by atoms with Crippen molar-refractivity contribution in [2.45, 2.75) is 6.92 Å². The predicted molar refractivity (Wildman–Crippen MR) is 75.9 cm³/mol. The van der Waals surface area contributed by atoms with Gasteiger partial charge in [0.05, 0.1) is 5.69 Å². The Labute approximate surface area is 118 Å².